The van der Waals surface area contributed by atoms with Crippen LogP contribution in [-0.2, 0) is 14.6 Å². The number of carbonyl (C=O) groups is 1. The minimum atomic E-state index is -3.77. The average molecular weight is 286 g/mol. The van der Waals surface area contributed by atoms with Crippen molar-refractivity contribution in [1.82, 2.24) is 4.90 Å². The Morgan fingerprint density at radius 2 is 2.05 bits per heavy atom. The molecular formula is C12H18N2O4S. The van der Waals surface area contributed by atoms with E-state index < -0.39 is 21.5 Å². The summed E-state index contributed by atoms with van der Waals surface area (Å²) in [6.07, 6.45) is 0. The van der Waals surface area contributed by atoms with Crippen molar-refractivity contribution in [3.8, 4) is 5.75 Å². The third kappa shape index (κ3) is 3.60. The Hall–Kier alpha value is -1.76. The summed E-state index contributed by atoms with van der Waals surface area (Å²) >= 11 is 0. The summed E-state index contributed by atoms with van der Waals surface area (Å²) in [6.45, 7) is 2.21. The summed E-state index contributed by atoms with van der Waals surface area (Å²) in [6, 6.07) is 4.33. The monoisotopic (exact) mass is 286 g/mol. The smallest absolute Gasteiger partial charge is 0.237 e. The molecule has 0 atom stereocenters. The maximum absolute atomic E-state index is 12.2. The summed E-state index contributed by atoms with van der Waals surface area (Å²) in [4.78, 5) is 13.0. The number of rotatable bonds is 5. The third-order valence-electron chi connectivity index (χ3n) is 2.77. The predicted octanol–water partition coefficient (Wildman–Crippen LogP) is 0.529. The van der Waals surface area contributed by atoms with Crippen LogP contribution in [0.1, 0.15) is 6.92 Å². The van der Waals surface area contributed by atoms with Crippen LogP contribution in [-0.4, -0.2) is 45.7 Å². The molecule has 0 bridgehead atoms. The van der Waals surface area contributed by atoms with Gasteiger partial charge in [-0.25, -0.2) is 8.42 Å². The van der Waals surface area contributed by atoms with E-state index in [0.29, 0.717) is 12.3 Å². The van der Waals surface area contributed by atoms with Crippen LogP contribution in [0, 0.1) is 0 Å². The van der Waals surface area contributed by atoms with Crippen molar-refractivity contribution in [1.29, 1.82) is 0 Å². The van der Waals surface area contributed by atoms with Crippen LogP contribution in [0.4, 0.5) is 5.69 Å². The Labute approximate surface area is 113 Å². The molecule has 0 aliphatic carbocycles. The van der Waals surface area contributed by atoms with Crippen molar-refractivity contribution in [3.63, 3.8) is 0 Å². The van der Waals surface area contributed by atoms with Crippen LogP contribution in [0.15, 0.2) is 23.1 Å². The zero-order valence-electron chi connectivity index (χ0n) is 11.2. The molecule has 1 aromatic carbocycles. The van der Waals surface area contributed by atoms with Gasteiger partial charge in [0.05, 0.1) is 17.7 Å². The van der Waals surface area contributed by atoms with Gasteiger partial charge in [0.15, 0.2) is 9.84 Å². The first kappa shape index (κ1) is 15.3. The van der Waals surface area contributed by atoms with Crippen molar-refractivity contribution in [2.24, 2.45) is 0 Å². The summed E-state index contributed by atoms with van der Waals surface area (Å²) in [5.74, 6) is -0.692. The molecule has 2 N–H and O–H groups in total. The predicted molar refractivity (Wildman–Crippen MR) is 72.8 cm³/mol. The molecular weight excluding hydrogens is 268 g/mol. The molecule has 0 heterocycles. The van der Waals surface area contributed by atoms with Crippen molar-refractivity contribution in [2.75, 3.05) is 32.2 Å². The molecule has 1 amide bonds. The first-order valence-electron chi connectivity index (χ1n) is 5.72. The fourth-order valence-electron chi connectivity index (χ4n) is 1.44. The number of sulfone groups is 1. The van der Waals surface area contributed by atoms with E-state index in [1.54, 1.807) is 20.0 Å². The van der Waals surface area contributed by atoms with Crippen LogP contribution in [0.25, 0.3) is 0 Å². The van der Waals surface area contributed by atoms with Gasteiger partial charge >= 0.3 is 0 Å². The third-order valence-corrected chi connectivity index (χ3v) is 4.42. The highest BCUT2D eigenvalue weighted by molar-refractivity contribution is 7.92. The van der Waals surface area contributed by atoms with Gasteiger partial charge in [-0.3, -0.25) is 4.79 Å². The lowest BCUT2D eigenvalue weighted by molar-refractivity contribution is -0.126. The maximum Gasteiger partial charge on any atom is 0.237 e. The average Bonchev–Trinajstić information content (AvgIpc) is 2.37. The summed E-state index contributed by atoms with van der Waals surface area (Å²) in [5, 5.41) is 0. The van der Waals surface area contributed by atoms with E-state index in [1.807, 2.05) is 0 Å². The lowest BCUT2D eigenvalue weighted by Crippen LogP contribution is -2.32. The second kappa shape index (κ2) is 5.92. The van der Waals surface area contributed by atoms with E-state index in [0.717, 1.165) is 0 Å². The molecule has 1 rings (SSSR count). The fraction of sp³-hybridized carbons (Fsp3) is 0.417. The van der Waals surface area contributed by atoms with Gasteiger partial charge in [-0.15, -0.1) is 0 Å². The molecule has 6 nitrogen and oxygen atoms in total. The van der Waals surface area contributed by atoms with Crippen molar-refractivity contribution in [3.05, 3.63) is 18.2 Å². The molecule has 0 saturated carbocycles. The quantitative estimate of drug-likeness (QED) is 0.797. The van der Waals surface area contributed by atoms with Gasteiger partial charge in [0.2, 0.25) is 5.91 Å². The molecule has 0 aliphatic heterocycles. The number of methoxy groups -OCH3 is 1. The van der Waals surface area contributed by atoms with E-state index in [1.165, 1.54) is 24.1 Å². The Balaban J connectivity index is 3.10. The highest BCUT2D eigenvalue weighted by Crippen LogP contribution is 2.25. The lowest BCUT2D eigenvalue weighted by Gasteiger charge is -2.15. The van der Waals surface area contributed by atoms with E-state index in [2.05, 4.69) is 0 Å². The number of hydrogen-bond donors (Lipinski definition) is 1. The van der Waals surface area contributed by atoms with Gasteiger partial charge in [0.1, 0.15) is 11.5 Å². The van der Waals surface area contributed by atoms with Gasteiger partial charge < -0.3 is 15.4 Å². The molecule has 0 saturated heterocycles. The molecule has 0 fully saturated rings. The van der Waals surface area contributed by atoms with Crippen LogP contribution in [0.3, 0.4) is 0 Å². The van der Waals surface area contributed by atoms with Gasteiger partial charge in [0.25, 0.3) is 0 Å². The van der Waals surface area contributed by atoms with E-state index >= 15 is 0 Å². The number of amides is 1. The van der Waals surface area contributed by atoms with E-state index in [9.17, 15) is 13.2 Å². The topological polar surface area (TPSA) is 89.7 Å². The van der Waals surface area contributed by atoms with Crippen molar-refractivity contribution in [2.45, 2.75) is 11.8 Å². The minimum absolute atomic E-state index is 0.0790. The number of benzene rings is 1. The highest BCUT2D eigenvalue weighted by atomic mass is 32.2. The first-order valence-corrected chi connectivity index (χ1v) is 7.37. The van der Waals surface area contributed by atoms with Crippen LogP contribution in [0.5, 0.6) is 5.75 Å². The summed E-state index contributed by atoms with van der Waals surface area (Å²) < 4.78 is 29.3. The normalized spacial score (nSPS) is 11.1. The SMILES string of the molecule is CCN(C)C(=O)CS(=O)(=O)c1cc(OC)ccc1N. The molecule has 106 valence electrons. The molecule has 0 aromatic heterocycles. The highest BCUT2D eigenvalue weighted by Gasteiger charge is 2.24. The Morgan fingerprint density at radius 3 is 2.58 bits per heavy atom. The number of hydrogen-bond acceptors (Lipinski definition) is 5. The van der Waals surface area contributed by atoms with Crippen molar-refractivity contribution < 1.29 is 17.9 Å². The molecule has 1 aromatic rings. The largest absolute Gasteiger partial charge is 0.497 e. The molecule has 7 heteroatoms. The van der Waals surface area contributed by atoms with E-state index in [-0.39, 0.29) is 10.6 Å². The number of nitrogens with two attached hydrogens (primary N) is 1. The van der Waals surface area contributed by atoms with Crippen LogP contribution >= 0.6 is 0 Å². The van der Waals surface area contributed by atoms with Crippen LogP contribution < -0.4 is 10.5 Å². The lowest BCUT2D eigenvalue weighted by atomic mass is 10.3. The molecule has 0 radical (unpaired) electrons. The summed E-state index contributed by atoms with van der Waals surface area (Å²) in [5.41, 5.74) is 5.76. The Bertz CT molecular complexity index is 569. The minimum Gasteiger partial charge on any atom is -0.497 e. The first-order chi connectivity index (χ1) is 8.81. The van der Waals surface area contributed by atoms with Gasteiger partial charge in [0, 0.05) is 19.7 Å². The van der Waals surface area contributed by atoms with Gasteiger partial charge in [-0.05, 0) is 19.1 Å². The molecule has 0 aliphatic rings. The number of anilines is 1. The number of carbonyl (C=O) groups excluding carboxylic acids is 1. The second-order valence-corrected chi connectivity index (χ2v) is 6.03. The van der Waals surface area contributed by atoms with E-state index in [4.69, 9.17) is 10.5 Å². The zero-order chi connectivity index (χ0) is 14.6. The second-order valence-electron chi connectivity index (χ2n) is 4.07. The standard InChI is InChI=1S/C12H18N2O4S/c1-4-14(2)12(15)8-19(16,17)11-7-9(18-3)5-6-10(11)13/h5-7H,4,8,13H2,1-3H3. The molecule has 19 heavy (non-hydrogen) atoms. The molecule has 0 unspecified atom stereocenters. The Kier molecular flexibility index (Phi) is 4.77. The Morgan fingerprint density at radius 1 is 1.42 bits per heavy atom. The summed E-state index contributed by atoms with van der Waals surface area (Å²) in [7, 11) is -0.797. The van der Waals surface area contributed by atoms with Gasteiger partial charge in [-0.1, -0.05) is 0 Å². The van der Waals surface area contributed by atoms with Crippen LogP contribution in [0.2, 0.25) is 0 Å². The zero-order valence-corrected chi connectivity index (χ0v) is 12.0. The maximum atomic E-state index is 12.2. The van der Waals surface area contributed by atoms with Crippen molar-refractivity contribution >= 4 is 21.4 Å². The number of nitrogens with zero attached hydrogens (tertiary/aromatic N) is 1. The number of nitrogen functional groups attached to an aromatic ring is 1. The number of ether oxygens (including phenoxy) is 1. The fourth-order valence-corrected chi connectivity index (χ4v) is 2.86. The molecule has 0 spiro atoms. The van der Waals surface area contributed by atoms with Gasteiger partial charge in [-0.2, -0.15) is 0 Å².